The second kappa shape index (κ2) is 7.69. The fourth-order valence-electron chi connectivity index (χ4n) is 1.87. The fourth-order valence-corrected chi connectivity index (χ4v) is 2.46. The van der Waals surface area contributed by atoms with Gasteiger partial charge in [0.2, 0.25) is 5.95 Å². The zero-order valence-electron chi connectivity index (χ0n) is 12.1. The standard InChI is InChI=1S/C13H25N3OS/c1-10(6-7-18-5)14-13-15-11(2)8-16(13)12(3)9-17-4/h8,10,12H,6-7,9H2,1-5H3,(H,14,15). The third-order valence-corrected chi connectivity index (χ3v) is 3.51. The molecule has 1 N–H and O–H groups in total. The average Bonchev–Trinajstić information content (AvgIpc) is 2.68. The minimum absolute atomic E-state index is 0.298. The summed E-state index contributed by atoms with van der Waals surface area (Å²) in [5.41, 5.74) is 1.04. The van der Waals surface area contributed by atoms with Crippen molar-refractivity contribution in [3.63, 3.8) is 0 Å². The Morgan fingerprint density at radius 2 is 2.22 bits per heavy atom. The van der Waals surface area contributed by atoms with E-state index in [1.54, 1.807) is 7.11 Å². The molecule has 1 aromatic heterocycles. The predicted octanol–water partition coefficient (Wildman–Crippen LogP) is 2.95. The summed E-state index contributed by atoms with van der Waals surface area (Å²) in [4.78, 5) is 4.55. The Hall–Kier alpha value is -0.680. The van der Waals surface area contributed by atoms with Gasteiger partial charge in [0.15, 0.2) is 0 Å². The van der Waals surface area contributed by atoms with Crippen LogP contribution < -0.4 is 5.32 Å². The molecule has 104 valence electrons. The molecule has 2 atom stereocenters. The van der Waals surface area contributed by atoms with Gasteiger partial charge in [-0.25, -0.2) is 4.98 Å². The first-order valence-corrected chi connectivity index (χ1v) is 7.77. The van der Waals surface area contributed by atoms with Crippen molar-refractivity contribution < 1.29 is 4.74 Å². The number of thioether (sulfide) groups is 1. The van der Waals surface area contributed by atoms with Gasteiger partial charge in [-0.1, -0.05) is 0 Å². The monoisotopic (exact) mass is 271 g/mol. The Morgan fingerprint density at radius 1 is 1.50 bits per heavy atom. The van der Waals surface area contributed by atoms with Crippen LogP contribution >= 0.6 is 11.8 Å². The molecule has 0 spiro atoms. The van der Waals surface area contributed by atoms with E-state index >= 15 is 0 Å². The third kappa shape index (κ3) is 4.53. The Balaban J connectivity index is 2.69. The van der Waals surface area contributed by atoms with Crippen molar-refractivity contribution in [3.8, 4) is 0 Å². The summed E-state index contributed by atoms with van der Waals surface area (Å²) in [7, 11) is 1.73. The Labute approximate surface area is 115 Å². The first-order chi connectivity index (χ1) is 8.58. The number of aryl methyl sites for hydroxylation is 1. The molecular formula is C13H25N3OS. The topological polar surface area (TPSA) is 39.1 Å². The van der Waals surface area contributed by atoms with E-state index in [1.165, 1.54) is 5.75 Å². The van der Waals surface area contributed by atoms with Crippen molar-refractivity contribution in [2.75, 3.05) is 31.0 Å². The second-order valence-corrected chi connectivity index (χ2v) is 5.73. The summed E-state index contributed by atoms with van der Waals surface area (Å²) in [6, 6.07) is 0.735. The molecule has 0 aromatic carbocycles. The maximum absolute atomic E-state index is 5.21. The van der Waals surface area contributed by atoms with Crippen LogP contribution in [0.5, 0.6) is 0 Å². The normalized spacial score (nSPS) is 14.5. The van der Waals surface area contributed by atoms with Crippen LogP contribution in [0.3, 0.4) is 0 Å². The number of methoxy groups -OCH3 is 1. The number of nitrogens with zero attached hydrogens (tertiary/aromatic N) is 2. The summed E-state index contributed by atoms with van der Waals surface area (Å²) in [6.07, 6.45) is 5.36. The molecule has 1 rings (SSSR count). The van der Waals surface area contributed by atoms with E-state index in [0.29, 0.717) is 18.7 Å². The predicted molar refractivity (Wildman–Crippen MR) is 79.6 cm³/mol. The van der Waals surface area contributed by atoms with Crippen LogP contribution in [-0.4, -0.2) is 41.3 Å². The largest absolute Gasteiger partial charge is 0.383 e. The van der Waals surface area contributed by atoms with E-state index < -0.39 is 0 Å². The van der Waals surface area contributed by atoms with Crippen molar-refractivity contribution in [1.29, 1.82) is 0 Å². The lowest BCUT2D eigenvalue weighted by Gasteiger charge is -2.19. The average molecular weight is 271 g/mol. The van der Waals surface area contributed by atoms with Crippen molar-refractivity contribution in [1.82, 2.24) is 9.55 Å². The molecule has 0 aliphatic rings. The quantitative estimate of drug-likeness (QED) is 0.789. The summed E-state index contributed by atoms with van der Waals surface area (Å²) in [5.74, 6) is 2.12. The lowest BCUT2D eigenvalue weighted by molar-refractivity contribution is 0.163. The molecule has 18 heavy (non-hydrogen) atoms. The minimum atomic E-state index is 0.298. The first kappa shape index (κ1) is 15.4. The fraction of sp³-hybridized carbons (Fsp3) is 0.769. The highest BCUT2D eigenvalue weighted by molar-refractivity contribution is 7.98. The molecule has 0 bridgehead atoms. The maximum Gasteiger partial charge on any atom is 0.203 e. The number of ether oxygens (including phenoxy) is 1. The minimum Gasteiger partial charge on any atom is -0.383 e. The smallest absolute Gasteiger partial charge is 0.203 e. The van der Waals surface area contributed by atoms with Gasteiger partial charge >= 0.3 is 0 Å². The van der Waals surface area contributed by atoms with Gasteiger partial charge in [-0.2, -0.15) is 11.8 Å². The zero-order chi connectivity index (χ0) is 13.5. The molecular weight excluding hydrogens is 246 g/mol. The SMILES string of the molecule is COCC(C)n1cc(C)nc1NC(C)CCSC. The van der Waals surface area contributed by atoms with E-state index in [2.05, 4.69) is 41.2 Å². The molecule has 0 saturated carbocycles. The highest BCUT2D eigenvalue weighted by Gasteiger charge is 2.13. The lowest BCUT2D eigenvalue weighted by atomic mass is 10.3. The number of hydrogen-bond acceptors (Lipinski definition) is 4. The number of nitrogens with one attached hydrogen (secondary N) is 1. The number of imidazole rings is 1. The molecule has 0 fully saturated rings. The van der Waals surface area contributed by atoms with Gasteiger partial charge < -0.3 is 14.6 Å². The highest BCUT2D eigenvalue weighted by Crippen LogP contribution is 2.17. The van der Waals surface area contributed by atoms with Crippen molar-refractivity contribution in [2.24, 2.45) is 0 Å². The van der Waals surface area contributed by atoms with Gasteiger partial charge in [-0.3, -0.25) is 0 Å². The molecule has 0 saturated heterocycles. The van der Waals surface area contributed by atoms with Crippen LogP contribution in [0.15, 0.2) is 6.20 Å². The van der Waals surface area contributed by atoms with Gasteiger partial charge in [0.05, 0.1) is 18.3 Å². The molecule has 1 heterocycles. The van der Waals surface area contributed by atoms with Crippen molar-refractivity contribution >= 4 is 17.7 Å². The van der Waals surface area contributed by atoms with Crippen LogP contribution in [0.25, 0.3) is 0 Å². The maximum atomic E-state index is 5.21. The lowest BCUT2D eigenvalue weighted by Crippen LogP contribution is -2.21. The molecule has 1 aromatic rings. The van der Waals surface area contributed by atoms with Crippen LogP contribution in [0, 0.1) is 6.92 Å². The van der Waals surface area contributed by atoms with E-state index in [9.17, 15) is 0 Å². The van der Waals surface area contributed by atoms with E-state index in [1.807, 2.05) is 18.7 Å². The van der Waals surface area contributed by atoms with Gasteiger partial charge in [-0.05, 0) is 39.2 Å². The van der Waals surface area contributed by atoms with Crippen molar-refractivity contribution in [2.45, 2.75) is 39.3 Å². The zero-order valence-corrected chi connectivity index (χ0v) is 12.9. The first-order valence-electron chi connectivity index (χ1n) is 6.38. The number of hydrogen-bond donors (Lipinski definition) is 1. The van der Waals surface area contributed by atoms with Crippen molar-refractivity contribution in [3.05, 3.63) is 11.9 Å². The number of rotatable bonds is 8. The number of anilines is 1. The Bertz CT molecular complexity index is 354. The Morgan fingerprint density at radius 3 is 2.83 bits per heavy atom. The molecule has 5 heteroatoms. The van der Waals surface area contributed by atoms with Gasteiger partial charge in [0.1, 0.15) is 0 Å². The molecule has 4 nitrogen and oxygen atoms in total. The molecule has 0 amide bonds. The Kier molecular flexibility index (Phi) is 6.57. The van der Waals surface area contributed by atoms with E-state index in [0.717, 1.165) is 18.1 Å². The summed E-state index contributed by atoms with van der Waals surface area (Å²) in [6.45, 7) is 7.06. The molecule has 2 unspecified atom stereocenters. The second-order valence-electron chi connectivity index (χ2n) is 4.74. The molecule has 0 aliphatic carbocycles. The van der Waals surface area contributed by atoms with Crippen LogP contribution in [0.1, 0.15) is 32.0 Å². The van der Waals surface area contributed by atoms with Gasteiger partial charge in [0.25, 0.3) is 0 Å². The molecule has 0 aliphatic heterocycles. The highest BCUT2D eigenvalue weighted by atomic mass is 32.2. The van der Waals surface area contributed by atoms with E-state index in [-0.39, 0.29) is 0 Å². The van der Waals surface area contributed by atoms with Crippen LogP contribution in [0.2, 0.25) is 0 Å². The van der Waals surface area contributed by atoms with Gasteiger partial charge in [-0.15, -0.1) is 0 Å². The summed E-state index contributed by atoms with van der Waals surface area (Å²) in [5, 5.41) is 3.49. The van der Waals surface area contributed by atoms with Gasteiger partial charge in [0, 0.05) is 19.3 Å². The third-order valence-electron chi connectivity index (χ3n) is 2.87. The summed E-state index contributed by atoms with van der Waals surface area (Å²) >= 11 is 1.88. The van der Waals surface area contributed by atoms with Crippen LogP contribution in [-0.2, 0) is 4.74 Å². The number of aromatic nitrogens is 2. The summed E-state index contributed by atoms with van der Waals surface area (Å²) < 4.78 is 7.37. The van der Waals surface area contributed by atoms with E-state index in [4.69, 9.17) is 4.74 Å². The molecule has 0 radical (unpaired) electrons. The van der Waals surface area contributed by atoms with Crippen LogP contribution in [0.4, 0.5) is 5.95 Å².